The van der Waals surface area contributed by atoms with Crippen molar-refractivity contribution in [3.63, 3.8) is 0 Å². The summed E-state index contributed by atoms with van der Waals surface area (Å²) in [5, 5.41) is 8.76. The Balaban J connectivity index is 1.96. The molecule has 2 nitrogen and oxygen atoms in total. The fourth-order valence-electron chi connectivity index (χ4n) is 2.19. The number of rotatable bonds is 4. The summed E-state index contributed by atoms with van der Waals surface area (Å²) >= 11 is 0. The highest BCUT2D eigenvalue weighted by atomic mass is 19.1. The van der Waals surface area contributed by atoms with E-state index < -0.39 is 5.82 Å². The summed E-state index contributed by atoms with van der Waals surface area (Å²) in [7, 11) is 2.07. The summed E-state index contributed by atoms with van der Waals surface area (Å²) in [4.78, 5) is 2.24. The molecule has 0 radical (unpaired) electrons. The number of nitrogens with zero attached hydrogens (tertiary/aromatic N) is 2. The highest BCUT2D eigenvalue weighted by molar-refractivity contribution is 5.34. The van der Waals surface area contributed by atoms with E-state index in [4.69, 9.17) is 5.26 Å². The van der Waals surface area contributed by atoms with Gasteiger partial charge in [0.15, 0.2) is 0 Å². The summed E-state index contributed by atoms with van der Waals surface area (Å²) in [6.45, 7) is 4.13. The first-order chi connectivity index (χ1) is 8.10. The van der Waals surface area contributed by atoms with Crippen LogP contribution in [0, 0.1) is 29.0 Å². The molecule has 1 aromatic rings. The van der Waals surface area contributed by atoms with Crippen molar-refractivity contribution >= 4 is 0 Å². The van der Waals surface area contributed by atoms with Crippen molar-refractivity contribution in [2.75, 3.05) is 13.6 Å². The lowest BCUT2D eigenvalue weighted by Crippen LogP contribution is -2.21. The maximum Gasteiger partial charge on any atom is 0.140 e. The Morgan fingerprint density at radius 3 is 2.82 bits per heavy atom. The number of hydrogen-bond acceptors (Lipinski definition) is 2. The molecule has 90 valence electrons. The SMILES string of the molecule is CC1CC1CN(C)Cc1ccc(F)c(C#N)c1. The Bertz CT molecular complexity index is 450. The van der Waals surface area contributed by atoms with E-state index in [9.17, 15) is 4.39 Å². The van der Waals surface area contributed by atoms with Crippen molar-refractivity contribution in [1.29, 1.82) is 5.26 Å². The monoisotopic (exact) mass is 232 g/mol. The molecular weight excluding hydrogens is 215 g/mol. The molecule has 0 aromatic heterocycles. The van der Waals surface area contributed by atoms with Crippen molar-refractivity contribution in [3.8, 4) is 6.07 Å². The normalized spacial score (nSPS) is 22.5. The van der Waals surface area contributed by atoms with E-state index in [1.165, 1.54) is 12.5 Å². The zero-order valence-corrected chi connectivity index (χ0v) is 10.3. The Morgan fingerprint density at radius 1 is 1.53 bits per heavy atom. The molecule has 0 saturated heterocycles. The van der Waals surface area contributed by atoms with E-state index in [0.717, 1.165) is 30.5 Å². The lowest BCUT2D eigenvalue weighted by molar-refractivity contribution is 0.307. The summed E-state index contributed by atoms with van der Waals surface area (Å²) in [5.41, 5.74) is 1.13. The molecule has 17 heavy (non-hydrogen) atoms. The molecule has 1 fully saturated rings. The quantitative estimate of drug-likeness (QED) is 0.798. The van der Waals surface area contributed by atoms with E-state index in [2.05, 4.69) is 18.9 Å². The molecule has 0 amide bonds. The van der Waals surface area contributed by atoms with Crippen LogP contribution >= 0.6 is 0 Å². The van der Waals surface area contributed by atoms with Crippen LogP contribution in [0.15, 0.2) is 18.2 Å². The summed E-state index contributed by atoms with van der Waals surface area (Å²) in [5.74, 6) is 1.23. The van der Waals surface area contributed by atoms with E-state index in [1.807, 2.05) is 6.07 Å². The summed E-state index contributed by atoms with van der Waals surface area (Å²) in [6.07, 6.45) is 1.32. The Kier molecular flexibility index (Phi) is 3.44. The molecule has 0 spiro atoms. The third-order valence-electron chi connectivity index (χ3n) is 3.43. The summed E-state index contributed by atoms with van der Waals surface area (Å²) < 4.78 is 13.1. The molecular formula is C14H17FN2. The van der Waals surface area contributed by atoms with Crippen molar-refractivity contribution in [1.82, 2.24) is 4.90 Å². The van der Waals surface area contributed by atoms with Crippen LogP contribution in [-0.4, -0.2) is 18.5 Å². The zero-order chi connectivity index (χ0) is 12.4. The smallest absolute Gasteiger partial charge is 0.140 e. The van der Waals surface area contributed by atoms with Crippen molar-refractivity contribution < 1.29 is 4.39 Å². The van der Waals surface area contributed by atoms with Gasteiger partial charge in [0.1, 0.15) is 11.9 Å². The lowest BCUT2D eigenvalue weighted by Gasteiger charge is -2.16. The predicted octanol–water partition coefficient (Wildman–Crippen LogP) is 2.79. The molecule has 2 rings (SSSR count). The minimum atomic E-state index is -0.435. The fraction of sp³-hybridized carbons (Fsp3) is 0.500. The standard InChI is InChI=1S/C14H17FN2/c1-10-5-13(10)9-17(2)8-11-3-4-14(15)12(6-11)7-16/h3-4,6,10,13H,5,8-9H2,1-2H3. The van der Waals surface area contributed by atoms with E-state index >= 15 is 0 Å². The van der Waals surface area contributed by atoms with Gasteiger partial charge >= 0.3 is 0 Å². The third kappa shape index (κ3) is 3.04. The van der Waals surface area contributed by atoms with Gasteiger partial charge in [-0.2, -0.15) is 5.26 Å². The first-order valence-corrected chi connectivity index (χ1v) is 5.97. The number of hydrogen-bond donors (Lipinski definition) is 0. The molecule has 0 heterocycles. The highest BCUT2D eigenvalue weighted by Gasteiger charge is 2.32. The summed E-state index contributed by atoms with van der Waals surface area (Å²) in [6, 6.07) is 6.65. The molecule has 0 bridgehead atoms. The average Bonchev–Trinajstić information content (AvgIpc) is 2.97. The van der Waals surface area contributed by atoms with Crippen LogP contribution < -0.4 is 0 Å². The van der Waals surface area contributed by atoms with Crippen LogP contribution in [0.2, 0.25) is 0 Å². The first kappa shape index (κ1) is 12.1. The van der Waals surface area contributed by atoms with Crippen LogP contribution in [0.1, 0.15) is 24.5 Å². The second-order valence-electron chi connectivity index (χ2n) is 5.10. The van der Waals surface area contributed by atoms with Gasteiger partial charge in [0.05, 0.1) is 5.56 Å². The molecule has 1 aromatic carbocycles. The van der Waals surface area contributed by atoms with Crippen LogP contribution in [-0.2, 0) is 6.54 Å². The van der Waals surface area contributed by atoms with Crippen LogP contribution in [0.4, 0.5) is 4.39 Å². The molecule has 1 aliphatic carbocycles. The van der Waals surface area contributed by atoms with Gasteiger partial charge in [-0.1, -0.05) is 13.0 Å². The minimum absolute atomic E-state index is 0.135. The third-order valence-corrected chi connectivity index (χ3v) is 3.43. The molecule has 0 aliphatic heterocycles. The topological polar surface area (TPSA) is 27.0 Å². The Morgan fingerprint density at radius 2 is 2.24 bits per heavy atom. The predicted molar refractivity (Wildman–Crippen MR) is 64.7 cm³/mol. The molecule has 0 N–H and O–H groups in total. The lowest BCUT2D eigenvalue weighted by atomic mass is 10.1. The second-order valence-corrected chi connectivity index (χ2v) is 5.10. The molecule has 2 atom stereocenters. The van der Waals surface area contributed by atoms with Gasteiger partial charge in [0.25, 0.3) is 0 Å². The van der Waals surface area contributed by atoms with E-state index in [-0.39, 0.29) is 5.56 Å². The second kappa shape index (κ2) is 4.85. The number of nitriles is 1. The fourth-order valence-corrected chi connectivity index (χ4v) is 2.19. The number of benzene rings is 1. The largest absolute Gasteiger partial charge is 0.302 e. The average molecular weight is 232 g/mol. The Labute approximate surface area is 102 Å². The van der Waals surface area contributed by atoms with Crippen molar-refractivity contribution in [2.45, 2.75) is 19.9 Å². The van der Waals surface area contributed by atoms with Gasteiger partial charge in [-0.3, -0.25) is 0 Å². The highest BCUT2D eigenvalue weighted by Crippen LogP contribution is 2.38. The van der Waals surface area contributed by atoms with E-state index in [0.29, 0.717) is 0 Å². The molecule has 2 unspecified atom stereocenters. The van der Waals surface area contributed by atoms with Crippen LogP contribution in [0.25, 0.3) is 0 Å². The van der Waals surface area contributed by atoms with Gasteiger partial charge in [-0.15, -0.1) is 0 Å². The first-order valence-electron chi connectivity index (χ1n) is 5.97. The van der Waals surface area contributed by atoms with Gasteiger partial charge in [-0.05, 0) is 43.0 Å². The Hall–Kier alpha value is -1.40. The maximum absolute atomic E-state index is 13.1. The van der Waals surface area contributed by atoms with E-state index in [1.54, 1.807) is 12.1 Å². The van der Waals surface area contributed by atoms with Crippen LogP contribution in [0.5, 0.6) is 0 Å². The van der Waals surface area contributed by atoms with Gasteiger partial charge in [0, 0.05) is 13.1 Å². The van der Waals surface area contributed by atoms with Crippen molar-refractivity contribution in [2.24, 2.45) is 11.8 Å². The molecule has 3 heteroatoms. The van der Waals surface area contributed by atoms with Crippen LogP contribution in [0.3, 0.4) is 0 Å². The van der Waals surface area contributed by atoms with Crippen molar-refractivity contribution in [3.05, 3.63) is 35.1 Å². The minimum Gasteiger partial charge on any atom is -0.302 e. The molecule has 1 saturated carbocycles. The van der Waals surface area contributed by atoms with Gasteiger partial charge < -0.3 is 4.90 Å². The molecule has 1 aliphatic rings. The van der Waals surface area contributed by atoms with Gasteiger partial charge in [-0.25, -0.2) is 4.39 Å². The zero-order valence-electron chi connectivity index (χ0n) is 10.3. The maximum atomic E-state index is 13.1. The van der Waals surface area contributed by atoms with Gasteiger partial charge in [0.2, 0.25) is 0 Å². The number of halogens is 1.